The Bertz CT molecular complexity index is 718. The Kier molecular flexibility index (Phi) is 6.35. The van der Waals surface area contributed by atoms with Gasteiger partial charge in [-0.25, -0.2) is 0 Å². The molecular weight excluding hydrogens is 376 g/mol. The first-order valence-electron chi connectivity index (χ1n) is 13.6. The number of hydrogen-bond donors (Lipinski definition) is 1. The van der Waals surface area contributed by atoms with Gasteiger partial charge in [-0.2, -0.15) is 0 Å². The molecule has 31 heavy (non-hydrogen) atoms. The second-order valence-corrected chi connectivity index (χ2v) is 13.1. The zero-order valence-electron chi connectivity index (χ0n) is 21.6. The van der Waals surface area contributed by atoms with Crippen LogP contribution in [0.4, 0.5) is 0 Å². The van der Waals surface area contributed by atoms with E-state index in [1.165, 1.54) is 44.9 Å². The lowest BCUT2D eigenvalue weighted by molar-refractivity contribution is -0.0608. The molecule has 0 aromatic rings. The number of hydrogen-bond acceptors (Lipinski definition) is 1. The van der Waals surface area contributed by atoms with Crippen molar-refractivity contribution >= 4 is 0 Å². The van der Waals surface area contributed by atoms with Gasteiger partial charge in [0.25, 0.3) is 0 Å². The molecule has 0 aliphatic heterocycles. The topological polar surface area (TPSA) is 20.2 Å². The van der Waals surface area contributed by atoms with E-state index in [-0.39, 0.29) is 6.10 Å². The number of aliphatic hydroxyl groups excluding tert-OH is 1. The van der Waals surface area contributed by atoms with E-state index in [0.717, 1.165) is 36.5 Å². The Morgan fingerprint density at radius 2 is 1.77 bits per heavy atom. The summed E-state index contributed by atoms with van der Waals surface area (Å²) in [5.74, 6) is 4.39. The zero-order valence-corrected chi connectivity index (χ0v) is 21.6. The van der Waals surface area contributed by atoms with Crippen LogP contribution in [0.5, 0.6) is 0 Å². The van der Waals surface area contributed by atoms with Crippen molar-refractivity contribution in [3.8, 4) is 0 Å². The highest BCUT2D eigenvalue weighted by Gasteiger charge is 2.63. The minimum absolute atomic E-state index is 0.0567. The molecule has 4 rings (SSSR count). The molecule has 1 N–H and O–H groups in total. The Labute approximate surface area is 193 Å². The third kappa shape index (κ3) is 3.60. The molecule has 1 heteroatoms. The van der Waals surface area contributed by atoms with Gasteiger partial charge < -0.3 is 5.11 Å². The lowest BCUT2D eigenvalue weighted by Crippen LogP contribution is -2.53. The lowest BCUT2D eigenvalue weighted by atomic mass is 9.43. The maximum absolute atomic E-state index is 10.3. The number of rotatable bonds is 5. The number of fused-ring (bicyclic) bond motifs is 5. The molecule has 4 aliphatic rings. The third-order valence-corrected chi connectivity index (χ3v) is 11.5. The summed E-state index contributed by atoms with van der Waals surface area (Å²) in [4.78, 5) is 0. The van der Waals surface area contributed by atoms with Crippen LogP contribution < -0.4 is 0 Å². The summed E-state index contributed by atoms with van der Waals surface area (Å²) in [6.45, 7) is 17.5. The molecule has 0 heterocycles. The van der Waals surface area contributed by atoms with Crippen LogP contribution in [-0.4, -0.2) is 11.2 Å². The van der Waals surface area contributed by atoms with Gasteiger partial charge in [0.15, 0.2) is 0 Å². The first kappa shape index (κ1) is 23.6. The average molecular weight is 427 g/mol. The molecule has 0 unspecified atom stereocenters. The highest BCUT2D eigenvalue weighted by molar-refractivity contribution is 5.32. The Hall–Kier alpha value is -0.560. The van der Waals surface area contributed by atoms with Crippen LogP contribution >= 0.6 is 0 Å². The molecule has 3 saturated carbocycles. The van der Waals surface area contributed by atoms with E-state index in [2.05, 4.69) is 66.7 Å². The third-order valence-electron chi connectivity index (χ3n) is 11.5. The molecule has 176 valence electrons. The maximum atomic E-state index is 10.3. The standard InChI is InChI=1S/C30H50O/c1-8-22(20(2)3)10-9-21(4)25-14-17-30(7)27-12-11-23-19-24(31)13-16-28(23,5)26(27)15-18-29(25,30)6/h9-10,12,20-26,31H,8,11,13-19H2,1-7H3/b10-9+/t21-,22-,23+,24+,25-,26+,28+,29-,30+/m1/s1. The van der Waals surface area contributed by atoms with Crippen molar-refractivity contribution in [2.45, 2.75) is 112 Å². The Morgan fingerprint density at radius 3 is 2.45 bits per heavy atom. The van der Waals surface area contributed by atoms with Crippen LogP contribution in [0, 0.1) is 51.8 Å². The first-order chi connectivity index (χ1) is 14.6. The van der Waals surface area contributed by atoms with Crippen LogP contribution in [-0.2, 0) is 0 Å². The molecule has 0 bridgehead atoms. The Morgan fingerprint density at radius 1 is 1.03 bits per heavy atom. The van der Waals surface area contributed by atoms with Crippen LogP contribution in [0.15, 0.2) is 23.8 Å². The molecule has 1 nitrogen and oxygen atoms in total. The summed E-state index contributed by atoms with van der Waals surface area (Å²) in [6, 6.07) is 0. The van der Waals surface area contributed by atoms with E-state index < -0.39 is 0 Å². The quantitative estimate of drug-likeness (QED) is 0.439. The van der Waals surface area contributed by atoms with Gasteiger partial charge in [-0.1, -0.05) is 72.3 Å². The predicted octanol–water partition coefficient (Wildman–Crippen LogP) is 8.19. The fourth-order valence-electron chi connectivity index (χ4n) is 9.05. The van der Waals surface area contributed by atoms with E-state index in [9.17, 15) is 5.11 Å². The normalized spacial score (nSPS) is 46.9. The monoisotopic (exact) mass is 426 g/mol. The lowest BCUT2D eigenvalue weighted by Gasteiger charge is -2.61. The molecular formula is C30H50O. The van der Waals surface area contributed by atoms with Crippen molar-refractivity contribution in [3.63, 3.8) is 0 Å². The van der Waals surface area contributed by atoms with Crippen molar-refractivity contribution in [1.29, 1.82) is 0 Å². The van der Waals surface area contributed by atoms with Gasteiger partial charge in [0.2, 0.25) is 0 Å². The van der Waals surface area contributed by atoms with E-state index in [4.69, 9.17) is 0 Å². The van der Waals surface area contributed by atoms with Crippen LogP contribution in [0.1, 0.15) is 106 Å². The second-order valence-electron chi connectivity index (χ2n) is 13.1. The number of aliphatic hydroxyl groups is 1. The zero-order chi connectivity index (χ0) is 22.6. The van der Waals surface area contributed by atoms with Crippen LogP contribution in [0.2, 0.25) is 0 Å². The molecule has 0 saturated heterocycles. The predicted molar refractivity (Wildman–Crippen MR) is 133 cm³/mol. The molecule has 0 aromatic carbocycles. The molecule has 0 aromatic heterocycles. The summed E-state index contributed by atoms with van der Waals surface area (Å²) in [5.41, 5.74) is 3.05. The summed E-state index contributed by atoms with van der Waals surface area (Å²) in [6.07, 6.45) is 19.0. The Balaban J connectivity index is 1.59. The van der Waals surface area contributed by atoms with E-state index >= 15 is 0 Å². The van der Waals surface area contributed by atoms with Crippen molar-refractivity contribution in [2.24, 2.45) is 51.8 Å². The van der Waals surface area contributed by atoms with Crippen molar-refractivity contribution in [2.75, 3.05) is 0 Å². The minimum atomic E-state index is -0.0567. The first-order valence-corrected chi connectivity index (χ1v) is 13.6. The molecule has 3 fully saturated rings. The van der Waals surface area contributed by atoms with Crippen molar-refractivity contribution in [3.05, 3.63) is 23.8 Å². The van der Waals surface area contributed by atoms with Gasteiger partial charge in [-0.05, 0) is 110 Å². The van der Waals surface area contributed by atoms with Crippen LogP contribution in [0.25, 0.3) is 0 Å². The summed E-state index contributed by atoms with van der Waals surface area (Å²) >= 11 is 0. The van der Waals surface area contributed by atoms with Crippen molar-refractivity contribution in [1.82, 2.24) is 0 Å². The largest absolute Gasteiger partial charge is 0.393 e. The summed E-state index contributed by atoms with van der Waals surface area (Å²) in [7, 11) is 0. The van der Waals surface area contributed by atoms with E-state index in [1.807, 2.05) is 5.57 Å². The molecule has 0 radical (unpaired) electrons. The molecule has 0 amide bonds. The van der Waals surface area contributed by atoms with Gasteiger partial charge in [-0.3, -0.25) is 0 Å². The average Bonchev–Trinajstić information content (AvgIpc) is 3.00. The van der Waals surface area contributed by atoms with Gasteiger partial charge in [0, 0.05) is 0 Å². The van der Waals surface area contributed by atoms with Crippen molar-refractivity contribution < 1.29 is 5.11 Å². The molecule has 4 aliphatic carbocycles. The highest BCUT2D eigenvalue weighted by Crippen LogP contribution is 2.72. The minimum Gasteiger partial charge on any atom is -0.393 e. The van der Waals surface area contributed by atoms with Gasteiger partial charge in [0.1, 0.15) is 0 Å². The second kappa shape index (κ2) is 8.34. The van der Waals surface area contributed by atoms with E-state index in [1.54, 1.807) is 0 Å². The molecule has 0 spiro atoms. The summed E-state index contributed by atoms with van der Waals surface area (Å²) < 4.78 is 0. The molecule has 9 atom stereocenters. The maximum Gasteiger partial charge on any atom is 0.0543 e. The fraction of sp³-hybridized carbons (Fsp3) is 0.867. The van der Waals surface area contributed by atoms with E-state index in [0.29, 0.717) is 28.1 Å². The highest BCUT2D eigenvalue weighted by atomic mass is 16.3. The number of allylic oxidation sites excluding steroid dienone is 4. The smallest absolute Gasteiger partial charge is 0.0543 e. The SMILES string of the molecule is CC[C@H](/C=C/[C@@H](C)[C@H]1CC[C@@]2(C)C3=CC[C@H]4C[C@@H](O)CC[C@]4(C)[C@H]3CC[C@]12C)C(C)C. The fourth-order valence-corrected chi connectivity index (χ4v) is 9.05. The van der Waals surface area contributed by atoms with Gasteiger partial charge in [0.05, 0.1) is 6.10 Å². The van der Waals surface area contributed by atoms with Gasteiger partial charge in [-0.15, -0.1) is 0 Å². The van der Waals surface area contributed by atoms with Gasteiger partial charge >= 0.3 is 0 Å². The summed E-state index contributed by atoms with van der Waals surface area (Å²) in [5, 5.41) is 10.3. The van der Waals surface area contributed by atoms with Crippen LogP contribution in [0.3, 0.4) is 0 Å².